The average molecular weight is 347 g/mol. The van der Waals surface area contributed by atoms with Crippen LogP contribution in [-0.2, 0) is 0 Å². The first-order chi connectivity index (χ1) is 5.04. The van der Waals surface area contributed by atoms with E-state index in [0.29, 0.717) is 8.95 Å². The second-order valence-corrected chi connectivity index (χ2v) is 4.56. The number of hydrogen-bond acceptors (Lipinski definition) is 0. The topological polar surface area (TPSA) is 0 Å². The van der Waals surface area contributed by atoms with Crippen LogP contribution in [-0.4, -0.2) is 0 Å². The van der Waals surface area contributed by atoms with Crippen molar-refractivity contribution in [2.24, 2.45) is 0 Å². The van der Waals surface area contributed by atoms with Crippen LogP contribution >= 0.6 is 47.8 Å². The second kappa shape index (κ2) is 3.54. The van der Waals surface area contributed by atoms with Crippen LogP contribution in [0.25, 0.3) is 0 Å². The highest BCUT2D eigenvalue weighted by atomic mass is 79.9. The first-order valence-electron chi connectivity index (χ1n) is 2.83. The molecule has 0 nitrogen and oxygen atoms in total. The van der Waals surface area contributed by atoms with Gasteiger partial charge in [0.15, 0.2) is 5.82 Å². The maximum Gasteiger partial charge on any atom is 0.152 e. The lowest BCUT2D eigenvalue weighted by molar-refractivity contribution is 0.611. The number of aryl methyl sites for hydroxylation is 1. The van der Waals surface area contributed by atoms with Gasteiger partial charge in [0.25, 0.3) is 0 Å². The highest BCUT2D eigenvalue weighted by Crippen LogP contribution is 2.33. The van der Waals surface area contributed by atoms with Gasteiger partial charge in [-0.25, -0.2) is 4.39 Å². The van der Waals surface area contributed by atoms with E-state index in [4.69, 9.17) is 0 Å². The van der Waals surface area contributed by atoms with Crippen molar-refractivity contribution >= 4 is 47.8 Å². The van der Waals surface area contributed by atoms with Crippen LogP contribution in [0.3, 0.4) is 0 Å². The lowest BCUT2D eigenvalue weighted by Crippen LogP contribution is -1.85. The van der Waals surface area contributed by atoms with Gasteiger partial charge in [0.05, 0.1) is 8.95 Å². The van der Waals surface area contributed by atoms with E-state index in [9.17, 15) is 4.39 Å². The van der Waals surface area contributed by atoms with Gasteiger partial charge in [-0.2, -0.15) is 0 Å². The van der Waals surface area contributed by atoms with Gasteiger partial charge < -0.3 is 0 Å². The molecule has 1 aromatic rings. The van der Waals surface area contributed by atoms with Crippen molar-refractivity contribution in [1.29, 1.82) is 0 Å². The van der Waals surface area contributed by atoms with Gasteiger partial charge in [-0.1, -0.05) is 0 Å². The number of halogens is 4. The first-order valence-corrected chi connectivity index (χ1v) is 5.21. The molecule has 1 rings (SSSR count). The Bertz CT molecular complexity index is 270. The summed E-state index contributed by atoms with van der Waals surface area (Å²) in [6, 6.07) is 1.84. The van der Waals surface area contributed by atoms with E-state index in [2.05, 4.69) is 47.8 Å². The molecule has 0 N–H and O–H groups in total. The van der Waals surface area contributed by atoms with Gasteiger partial charge in [-0.15, -0.1) is 0 Å². The third-order valence-electron chi connectivity index (χ3n) is 1.28. The lowest BCUT2D eigenvalue weighted by Gasteiger charge is -2.03. The molecular weight excluding hydrogens is 343 g/mol. The van der Waals surface area contributed by atoms with Gasteiger partial charge in [0.1, 0.15) is 0 Å². The monoisotopic (exact) mass is 344 g/mol. The third kappa shape index (κ3) is 1.84. The van der Waals surface area contributed by atoms with Crippen molar-refractivity contribution in [3.05, 3.63) is 30.9 Å². The molecule has 60 valence electrons. The molecule has 0 unspecified atom stereocenters. The van der Waals surface area contributed by atoms with Crippen LogP contribution in [0.5, 0.6) is 0 Å². The fourth-order valence-electron chi connectivity index (χ4n) is 0.691. The Morgan fingerprint density at radius 2 is 1.73 bits per heavy atom. The van der Waals surface area contributed by atoms with Gasteiger partial charge in [0.2, 0.25) is 0 Å². The average Bonchev–Trinajstić information content (AvgIpc) is 1.97. The molecule has 0 fully saturated rings. The molecule has 0 aliphatic carbocycles. The lowest BCUT2D eigenvalue weighted by atomic mass is 10.2. The minimum atomic E-state index is -0.267. The highest BCUT2D eigenvalue weighted by Gasteiger charge is 2.10. The molecule has 0 saturated carbocycles. The van der Waals surface area contributed by atoms with E-state index in [0.717, 1.165) is 10.0 Å². The Labute approximate surface area is 89.6 Å². The zero-order valence-electron chi connectivity index (χ0n) is 5.59. The summed E-state index contributed by atoms with van der Waals surface area (Å²) in [6.07, 6.45) is 0. The standard InChI is InChI=1S/C7H4Br3F/c1-3-2-4(8)6(10)7(11)5(3)9/h2H,1H3. The molecule has 0 aliphatic heterocycles. The van der Waals surface area contributed by atoms with E-state index in [1.54, 1.807) is 0 Å². The highest BCUT2D eigenvalue weighted by molar-refractivity contribution is 9.13. The van der Waals surface area contributed by atoms with E-state index in [-0.39, 0.29) is 5.82 Å². The van der Waals surface area contributed by atoms with Gasteiger partial charge in [-0.3, -0.25) is 0 Å². The van der Waals surface area contributed by atoms with E-state index in [1.807, 2.05) is 13.0 Å². The minimum Gasteiger partial charge on any atom is -0.204 e. The van der Waals surface area contributed by atoms with Gasteiger partial charge in [0, 0.05) is 4.47 Å². The summed E-state index contributed by atoms with van der Waals surface area (Å²) in [4.78, 5) is 0. The fraction of sp³-hybridized carbons (Fsp3) is 0.143. The summed E-state index contributed by atoms with van der Waals surface area (Å²) in [7, 11) is 0. The van der Waals surface area contributed by atoms with Crippen molar-refractivity contribution < 1.29 is 4.39 Å². The summed E-state index contributed by atoms with van der Waals surface area (Å²) < 4.78 is 14.8. The summed E-state index contributed by atoms with van der Waals surface area (Å²) in [5, 5.41) is 0. The maximum absolute atomic E-state index is 13.1. The van der Waals surface area contributed by atoms with Crippen molar-refractivity contribution in [1.82, 2.24) is 0 Å². The summed E-state index contributed by atoms with van der Waals surface area (Å²) >= 11 is 9.47. The number of hydrogen-bond donors (Lipinski definition) is 0. The SMILES string of the molecule is Cc1cc(Br)c(Br)c(F)c1Br. The molecule has 0 amide bonds. The van der Waals surface area contributed by atoms with E-state index in [1.165, 1.54) is 0 Å². The van der Waals surface area contributed by atoms with Crippen molar-refractivity contribution in [3.63, 3.8) is 0 Å². The molecule has 0 saturated heterocycles. The third-order valence-corrected chi connectivity index (χ3v) is 4.19. The number of rotatable bonds is 0. The Morgan fingerprint density at radius 1 is 1.18 bits per heavy atom. The molecule has 0 bridgehead atoms. The van der Waals surface area contributed by atoms with Gasteiger partial charge in [-0.05, 0) is 66.3 Å². The molecular formula is C7H4Br3F. The van der Waals surface area contributed by atoms with Crippen molar-refractivity contribution in [2.75, 3.05) is 0 Å². The van der Waals surface area contributed by atoms with Crippen molar-refractivity contribution in [3.8, 4) is 0 Å². The molecule has 0 aliphatic rings. The number of benzene rings is 1. The Kier molecular flexibility index (Phi) is 3.11. The molecule has 0 spiro atoms. The normalized spacial score (nSPS) is 10.3. The van der Waals surface area contributed by atoms with E-state index < -0.39 is 0 Å². The molecule has 11 heavy (non-hydrogen) atoms. The van der Waals surface area contributed by atoms with Crippen LogP contribution in [0.1, 0.15) is 5.56 Å². The van der Waals surface area contributed by atoms with Crippen LogP contribution in [0.15, 0.2) is 19.5 Å². The largest absolute Gasteiger partial charge is 0.204 e. The zero-order valence-corrected chi connectivity index (χ0v) is 10.3. The van der Waals surface area contributed by atoms with E-state index >= 15 is 0 Å². The second-order valence-electron chi connectivity index (χ2n) is 2.12. The summed E-state index contributed by atoms with van der Waals surface area (Å²) in [6.45, 7) is 1.84. The van der Waals surface area contributed by atoms with Crippen LogP contribution in [0.4, 0.5) is 4.39 Å². The summed E-state index contributed by atoms with van der Waals surface area (Å²) in [5.41, 5.74) is 0.873. The molecule has 0 radical (unpaired) electrons. The molecule has 1 aromatic carbocycles. The fourth-order valence-corrected chi connectivity index (χ4v) is 2.10. The first kappa shape index (κ1) is 9.68. The van der Waals surface area contributed by atoms with Crippen molar-refractivity contribution in [2.45, 2.75) is 6.92 Å². The Hall–Kier alpha value is 0.590. The Balaban J connectivity index is 3.46. The zero-order chi connectivity index (χ0) is 8.59. The maximum atomic E-state index is 13.1. The Morgan fingerprint density at radius 3 is 2.27 bits per heavy atom. The van der Waals surface area contributed by atoms with Crippen LogP contribution in [0, 0.1) is 12.7 Å². The van der Waals surface area contributed by atoms with Gasteiger partial charge >= 0.3 is 0 Å². The van der Waals surface area contributed by atoms with Crippen LogP contribution in [0.2, 0.25) is 0 Å². The molecule has 0 aromatic heterocycles. The van der Waals surface area contributed by atoms with Crippen LogP contribution < -0.4 is 0 Å². The predicted octanol–water partition coefficient (Wildman–Crippen LogP) is 4.42. The molecule has 0 atom stereocenters. The summed E-state index contributed by atoms with van der Waals surface area (Å²) in [5.74, 6) is -0.267. The predicted molar refractivity (Wildman–Crippen MR) is 54.2 cm³/mol. The molecule has 0 heterocycles. The minimum absolute atomic E-state index is 0.267. The smallest absolute Gasteiger partial charge is 0.152 e. The quantitative estimate of drug-likeness (QED) is 0.482. The molecule has 4 heteroatoms.